The van der Waals surface area contributed by atoms with E-state index in [2.05, 4.69) is 30.6 Å². The van der Waals surface area contributed by atoms with Crippen LogP contribution in [0.15, 0.2) is 33.1 Å². The molecule has 2 heterocycles. The summed E-state index contributed by atoms with van der Waals surface area (Å²) in [5.41, 5.74) is 1.64. The van der Waals surface area contributed by atoms with E-state index in [0.717, 1.165) is 19.6 Å². The summed E-state index contributed by atoms with van der Waals surface area (Å²) in [5.74, 6) is -1.30. The number of benzene rings is 1. The lowest BCUT2D eigenvalue weighted by molar-refractivity contribution is 0.565. The van der Waals surface area contributed by atoms with Gasteiger partial charge in [-0.25, -0.2) is 27.7 Å². The minimum Gasteiger partial charge on any atom is -0.242 e. The number of thiazole rings is 1. The molecule has 2 atom stereocenters. The molecule has 1 N–H and O–H groups in total. The molecule has 0 radical (unpaired) electrons. The number of fused-ring (bicyclic) bond motifs is 1. The molecule has 0 amide bonds. The lowest BCUT2D eigenvalue weighted by Gasteiger charge is -2.25. The molecule has 0 aliphatic rings. The smallest absolute Gasteiger partial charge is 0.171 e. The minimum atomic E-state index is -1.41. The Labute approximate surface area is 187 Å². The van der Waals surface area contributed by atoms with Crippen molar-refractivity contribution in [2.75, 3.05) is 6.26 Å². The van der Waals surface area contributed by atoms with Crippen LogP contribution in [-0.2, 0) is 17.4 Å². The summed E-state index contributed by atoms with van der Waals surface area (Å²) >= 11 is 6.63. The van der Waals surface area contributed by atoms with Crippen molar-refractivity contribution in [1.29, 1.82) is 0 Å². The molecule has 0 bridgehead atoms. The summed E-state index contributed by atoms with van der Waals surface area (Å²) < 4.78 is 45.3. The highest BCUT2D eigenvalue weighted by Gasteiger charge is 2.27. The fourth-order valence-corrected chi connectivity index (χ4v) is 5.64. The van der Waals surface area contributed by atoms with E-state index >= 15 is 0 Å². The monoisotopic (exact) mass is 519 g/mol. The van der Waals surface area contributed by atoms with Crippen LogP contribution in [0.1, 0.15) is 38.1 Å². The zero-order chi connectivity index (χ0) is 21.3. The molecule has 10 heteroatoms. The number of halogens is 3. The Morgan fingerprint density at radius 2 is 1.86 bits per heavy atom. The highest BCUT2D eigenvalue weighted by atomic mass is 79.9. The third-order valence-electron chi connectivity index (χ3n) is 4.02. The average molecular weight is 520 g/mol. The van der Waals surface area contributed by atoms with Gasteiger partial charge in [-0.15, -0.1) is 11.3 Å². The molecule has 0 fully saturated rings. The quantitative estimate of drug-likeness (QED) is 0.418. The molecule has 0 saturated heterocycles. The Bertz CT molecular complexity index is 1050. The van der Waals surface area contributed by atoms with E-state index in [1.807, 2.05) is 33.1 Å². The number of aromatic nitrogens is 2. The molecule has 29 heavy (non-hydrogen) atoms. The molecule has 4 nitrogen and oxygen atoms in total. The summed E-state index contributed by atoms with van der Waals surface area (Å²) in [5, 5.41) is 0. The van der Waals surface area contributed by atoms with E-state index in [9.17, 15) is 13.0 Å². The predicted molar refractivity (Wildman–Crippen MR) is 121 cm³/mol. The first-order valence-corrected chi connectivity index (χ1v) is 12.7. The van der Waals surface area contributed by atoms with Gasteiger partial charge in [-0.3, -0.25) is 0 Å². The number of rotatable bonds is 6. The first-order chi connectivity index (χ1) is 13.6. The van der Waals surface area contributed by atoms with Crippen LogP contribution in [0.5, 0.6) is 0 Å². The van der Waals surface area contributed by atoms with E-state index in [1.165, 1.54) is 35.2 Å². The zero-order valence-electron chi connectivity index (χ0n) is 16.3. The van der Waals surface area contributed by atoms with Crippen molar-refractivity contribution in [3.8, 4) is 0 Å². The third-order valence-corrected chi connectivity index (χ3v) is 8.24. The maximum atomic E-state index is 13.7. The minimum absolute atomic E-state index is 0.215. The normalized spacial score (nSPS) is 14.3. The number of pyridine rings is 1. The second kappa shape index (κ2) is 9.05. The number of nitrogens with one attached hydrogen (secondary N) is 1. The van der Waals surface area contributed by atoms with Crippen molar-refractivity contribution in [2.24, 2.45) is 0 Å². The number of thioether (sulfide) groups is 1. The summed E-state index contributed by atoms with van der Waals surface area (Å²) in [6.07, 6.45) is 2.16. The summed E-state index contributed by atoms with van der Waals surface area (Å²) in [7, 11) is -1.41. The maximum absolute atomic E-state index is 13.7. The Morgan fingerprint density at radius 1 is 1.21 bits per heavy atom. The largest absolute Gasteiger partial charge is 0.242 e. The number of nitrogens with zero attached hydrogens (tertiary/aromatic N) is 2. The van der Waals surface area contributed by atoms with Crippen LogP contribution in [0.3, 0.4) is 0 Å². The van der Waals surface area contributed by atoms with Crippen molar-refractivity contribution < 1.29 is 13.0 Å². The molecule has 3 rings (SSSR count). The predicted octanol–water partition coefficient (Wildman–Crippen LogP) is 5.79. The SMILES string of the molecule is CSc1nc2nc(C(Cc3cc(F)cc(F)c3)NS(=O)C(C)(C)C)c(Br)cc2s1. The van der Waals surface area contributed by atoms with Crippen molar-refractivity contribution in [2.45, 2.75) is 42.3 Å². The molecular weight excluding hydrogens is 500 g/mol. The van der Waals surface area contributed by atoms with Crippen LogP contribution in [0.25, 0.3) is 10.3 Å². The second-order valence-electron chi connectivity index (χ2n) is 7.39. The van der Waals surface area contributed by atoms with Gasteiger partial charge < -0.3 is 0 Å². The lowest BCUT2D eigenvalue weighted by atomic mass is 10.0. The van der Waals surface area contributed by atoms with Gasteiger partial charge in [0, 0.05) is 10.5 Å². The highest BCUT2D eigenvalue weighted by Crippen LogP contribution is 2.33. The average Bonchev–Trinajstić information content (AvgIpc) is 3.00. The van der Waals surface area contributed by atoms with Gasteiger partial charge in [0.2, 0.25) is 0 Å². The van der Waals surface area contributed by atoms with Gasteiger partial charge in [-0.1, -0.05) is 11.8 Å². The van der Waals surface area contributed by atoms with Gasteiger partial charge in [0.05, 0.1) is 32.2 Å². The zero-order valence-corrected chi connectivity index (χ0v) is 20.3. The van der Waals surface area contributed by atoms with Gasteiger partial charge in [0.15, 0.2) is 9.99 Å². The fraction of sp³-hybridized carbons (Fsp3) is 0.368. The molecule has 0 aliphatic carbocycles. The van der Waals surface area contributed by atoms with Gasteiger partial charge in [0.25, 0.3) is 0 Å². The van der Waals surface area contributed by atoms with E-state index in [-0.39, 0.29) is 6.42 Å². The second-order valence-corrected chi connectivity index (χ2v) is 12.3. The first kappa shape index (κ1) is 22.7. The van der Waals surface area contributed by atoms with Crippen LogP contribution in [-0.4, -0.2) is 25.2 Å². The fourth-order valence-electron chi connectivity index (χ4n) is 2.63. The van der Waals surface area contributed by atoms with E-state index in [4.69, 9.17) is 0 Å². The Kier molecular flexibility index (Phi) is 7.10. The molecule has 0 saturated carbocycles. The maximum Gasteiger partial charge on any atom is 0.171 e. The Balaban J connectivity index is 2.05. The summed E-state index contributed by atoms with van der Waals surface area (Å²) in [6.45, 7) is 5.56. The third kappa shape index (κ3) is 5.61. The molecule has 1 aromatic carbocycles. The molecule has 0 spiro atoms. The van der Waals surface area contributed by atoms with Gasteiger partial charge in [-0.05, 0) is 73.1 Å². The van der Waals surface area contributed by atoms with E-state index in [1.54, 1.807) is 0 Å². The van der Waals surface area contributed by atoms with Crippen LogP contribution >= 0.6 is 39.0 Å². The number of hydrogen-bond acceptors (Lipinski definition) is 5. The standard InChI is InChI=1S/C19H20BrF2N3OS3/c1-19(2,3)29(26)25-14(7-10-5-11(21)8-12(22)6-10)16-13(20)9-15-17(23-16)24-18(27-4)28-15/h5-6,8-9,14,25H,7H2,1-4H3. The van der Waals surface area contributed by atoms with Crippen molar-refractivity contribution in [1.82, 2.24) is 14.7 Å². The van der Waals surface area contributed by atoms with Crippen molar-refractivity contribution in [3.63, 3.8) is 0 Å². The summed E-state index contributed by atoms with van der Waals surface area (Å²) in [6, 6.07) is 4.78. The van der Waals surface area contributed by atoms with Crippen LogP contribution in [0.4, 0.5) is 8.78 Å². The van der Waals surface area contributed by atoms with Gasteiger partial charge in [0.1, 0.15) is 11.6 Å². The topological polar surface area (TPSA) is 54.9 Å². The molecule has 0 aliphatic heterocycles. The van der Waals surface area contributed by atoms with Crippen LogP contribution in [0.2, 0.25) is 0 Å². The van der Waals surface area contributed by atoms with Crippen molar-refractivity contribution >= 4 is 60.4 Å². The number of hydrogen-bond donors (Lipinski definition) is 1. The van der Waals surface area contributed by atoms with Crippen LogP contribution < -0.4 is 4.72 Å². The Hall–Kier alpha value is -0.940. The van der Waals surface area contributed by atoms with Crippen LogP contribution in [0, 0.1) is 11.6 Å². The van der Waals surface area contributed by atoms with Gasteiger partial charge >= 0.3 is 0 Å². The molecular formula is C19H20BrF2N3OS3. The Morgan fingerprint density at radius 3 is 2.45 bits per heavy atom. The lowest BCUT2D eigenvalue weighted by Crippen LogP contribution is -2.37. The highest BCUT2D eigenvalue weighted by molar-refractivity contribution is 9.10. The van der Waals surface area contributed by atoms with Crippen molar-refractivity contribution in [3.05, 3.63) is 51.6 Å². The summed E-state index contributed by atoms with van der Waals surface area (Å²) in [4.78, 5) is 9.18. The first-order valence-electron chi connectivity index (χ1n) is 8.71. The molecule has 156 valence electrons. The molecule has 3 aromatic rings. The molecule has 2 aromatic heterocycles. The molecule has 2 unspecified atom stereocenters. The van der Waals surface area contributed by atoms with E-state index in [0.29, 0.717) is 16.9 Å². The van der Waals surface area contributed by atoms with E-state index < -0.39 is 33.4 Å². The van der Waals surface area contributed by atoms with Gasteiger partial charge in [-0.2, -0.15) is 0 Å².